The highest BCUT2D eigenvalue weighted by Gasteiger charge is 2.28. The quantitative estimate of drug-likeness (QED) is 0.739. The molecule has 1 aromatic carbocycles. The molecule has 0 radical (unpaired) electrons. The van der Waals surface area contributed by atoms with E-state index in [4.69, 9.17) is 0 Å². The molecule has 25 heavy (non-hydrogen) atoms. The van der Waals surface area contributed by atoms with Gasteiger partial charge < -0.3 is 9.80 Å². The Morgan fingerprint density at radius 1 is 0.880 bits per heavy atom. The second-order valence-electron chi connectivity index (χ2n) is 6.42. The number of carbonyl (C=O) groups excluding carboxylic acids is 2. The third-order valence-corrected chi connectivity index (χ3v) is 6.72. The minimum atomic E-state index is -3.60. The zero-order chi connectivity index (χ0) is 17.9. The van der Waals surface area contributed by atoms with Gasteiger partial charge in [0.15, 0.2) is 0 Å². The number of hydrogen-bond donors (Lipinski definition) is 0. The van der Waals surface area contributed by atoms with Gasteiger partial charge in [0, 0.05) is 44.8 Å². The molecule has 0 saturated carbocycles. The second kappa shape index (κ2) is 7.53. The summed E-state index contributed by atoms with van der Waals surface area (Å²) in [6, 6.07) is 6.17. The number of carbonyl (C=O) groups is 2. The van der Waals surface area contributed by atoms with Crippen LogP contribution in [0.15, 0.2) is 29.2 Å². The zero-order valence-electron chi connectivity index (χ0n) is 14.1. The molecular formula is C17H23N3O4S. The van der Waals surface area contributed by atoms with Gasteiger partial charge in [-0.05, 0) is 43.5 Å². The summed E-state index contributed by atoms with van der Waals surface area (Å²) >= 11 is 0. The number of sulfonamides is 1. The largest absolute Gasteiger partial charge is 0.343 e. The summed E-state index contributed by atoms with van der Waals surface area (Å²) in [4.78, 5) is 26.8. The van der Waals surface area contributed by atoms with E-state index < -0.39 is 10.0 Å². The SMILES string of the molecule is O=CN1CCN(S(=O)(=O)c2ccc(C(=O)N3CCCCC3)cc2)CC1. The summed E-state index contributed by atoms with van der Waals surface area (Å²) in [6.07, 6.45) is 3.93. The number of benzene rings is 1. The van der Waals surface area contributed by atoms with Crippen molar-refractivity contribution in [3.05, 3.63) is 29.8 Å². The number of likely N-dealkylation sites (tertiary alicyclic amines) is 1. The van der Waals surface area contributed by atoms with Crippen LogP contribution < -0.4 is 0 Å². The van der Waals surface area contributed by atoms with E-state index in [2.05, 4.69) is 0 Å². The third kappa shape index (κ3) is 3.85. The molecule has 2 aliphatic heterocycles. The van der Waals surface area contributed by atoms with Gasteiger partial charge in [-0.1, -0.05) is 0 Å². The zero-order valence-corrected chi connectivity index (χ0v) is 15.0. The molecule has 8 heteroatoms. The maximum absolute atomic E-state index is 12.7. The first-order chi connectivity index (χ1) is 12.0. The molecule has 0 spiro atoms. The van der Waals surface area contributed by atoms with E-state index in [9.17, 15) is 18.0 Å². The van der Waals surface area contributed by atoms with Crippen molar-refractivity contribution in [2.24, 2.45) is 0 Å². The summed E-state index contributed by atoms with van der Waals surface area (Å²) < 4.78 is 26.8. The molecule has 2 heterocycles. The molecule has 0 aromatic heterocycles. The van der Waals surface area contributed by atoms with Gasteiger partial charge in [0.05, 0.1) is 4.90 Å². The Bertz CT molecular complexity index is 719. The fraction of sp³-hybridized carbons (Fsp3) is 0.529. The molecule has 136 valence electrons. The Labute approximate surface area is 148 Å². The molecule has 7 nitrogen and oxygen atoms in total. The van der Waals surface area contributed by atoms with Crippen LogP contribution >= 0.6 is 0 Å². The third-order valence-electron chi connectivity index (χ3n) is 4.80. The molecule has 2 amide bonds. The number of nitrogens with zero attached hydrogens (tertiary/aromatic N) is 3. The van der Waals surface area contributed by atoms with Gasteiger partial charge in [-0.2, -0.15) is 4.31 Å². The van der Waals surface area contributed by atoms with E-state index in [1.807, 2.05) is 4.90 Å². The van der Waals surface area contributed by atoms with E-state index in [1.165, 1.54) is 16.4 Å². The molecule has 2 saturated heterocycles. The summed E-state index contributed by atoms with van der Waals surface area (Å²) in [7, 11) is -3.60. The average Bonchev–Trinajstić information content (AvgIpc) is 2.68. The monoisotopic (exact) mass is 365 g/mol. The fourth-order valence-corrected chi connectivity index (χ4v) is 4.67. The van der Waals surface area contributed by atoms with Crippen LogP contribution in [0.1, 0.15) is 29.6 Å². The number of hydrogen-bond acceptors (Lipinski definition) is 4. The molecule has 0 bridgehead atoms. The lowest BCUT2D eigenvalue weighted by Gasteiger charge is -2.31. The Morgan fingerprint density at radius 3 is 2.04 bits per heavy atom. The van der Waals surface area contributed by atoms with E-state index in [-0.39, 0.29) is 23.9 Å². The predicted octanol–water partition coefficient (Wildman–Crippen LogP) is 0.775. The highest BCUT2D eigenvalue weighted by atomic mass is 32.2. The molecule has 3 rings (SSSR count). The van der Waals surface area contributed by atoms with Gasteiger partial charge in [-0.3, -0.25) is 9.59 Å². The molecule has 0 N–H and O–H groups in total. The summed E-state index contributed by atoms with van der Waals surface area (Å²) in [6.45, 7) is 2.90. The van der Waals surface area contributed by atoms with Crippen molar-refractivity contribution in [1.82, 2.24) is 14.1 Å². The topological polar surface area (TPSA) is 78.0 Å². The Morgan fingerprint density at radius 2 is 1.48 bits per heavy atom. The van der Waals surface area contributed by atoms with Crippen LogP contribution in [0.2, 0.25) is 0 Å². The number of rotatable bonds is 4. The first kappa shape index (κ1) is 17.9. The highest BCUT2D eigenvalue weighted by Crippen LogP contribution is 2.19. The van der Waals surface area contributed by atoms with E-state index in [0.29, 0.717) is 18.7 Å². The molecule has 0 atom stereocenters. The highest BCUT2D eigenvalue weighted by molar-refractivity contribution is 7.89. The second-order valence-corrected chi connectivity index (χ2v) is 8.36. The van der Waals surface area contributed by atoms with Crippen molar-refractivity contribution >= 4 is 22.3 Å². The first-order valence-electron chi connectivity index (χ1n) is 8.61. The van der Waals surface area contributed by atoms with Gasteiger partial charge in [-0.15, -0.1) is 0 Å². The lowest BCUT2D eigenvalue weighted by Crippen LogP contribution is -2.47. The fourth-order valence-electron chi connectivity index (χ4n) is 3.25. The lowest BCUT2D eigenvalue weighted by atomic mass is 10.1. The van der Waals surface area contributed by atoms with Crippen molar-refractivity contribution in [1.29, 1.82) is 0 Å². The molecule has 2 fully saturated rings. The average molecular weight is 365 g/mol. The normalized spacial score (nSPS) is 19.7. The predicted molar refractivity (Wildman–Crippen MR) is 92.6 cm³/mol. The Hall–Kier alpha value is -1.93. The van der Waals surface area contributed by atoms with E-state index in [1.54, 1.807) is 17.0 Å². The van der Waals surface area contributed by atoms with Crippen LogP contribution in [0.3, 0.4) is 0 Å². The smallest absolute Gasteiger partial charge is 0.253 e. The van der Waals surface area contributed by atoms with Crippen molar-refractivity contribution in [3.8, 4) is 0 Å². The van der Waals surface area contributed by atoms with Gasteiger partial charge in [0.2, 0.25) is 16.4 Å². The van der Waals surface area contributed by atoms with Gasteiger partial charge in [-0.25, -0.2) is 8.42 Å². The van der Waals surface area contributed by atoms with Crippen molar-refractivity contribution in [2.45, 2.75) is 24.2 Å². The number of amides is 2. The molecular weight excluding hydrogens is 342 g/mol. The van der Waals surface area contributed by atoms with Crippen molar-refractivity contribution in [2.75, 3.05) is 39.3 Å². The lowest BCUT2D eigenvalue weighted by molar-refractivity contribution is -0.119. The maximum Gasteiger partial charge on any atom is 0.253 e. The summed E-state index contributed by atoms with van der Waals surface area (Å²) in [5.41, 5.74) is 0.520. The first-order valence-corrected chi connectivity index (χ1v) is 10.1. The molecule has 0 aliphatic carbocycles. The van der Waals surface area contributed by atoms with Crippen LogP contribution in [0, 0.1) is 0 Å². The minimum Gasteiger partial charge on any atom is -0.343 e. The standard InChI is InChI=1S/C17H23N3O4S/c21-14-18-10-12-20(13-11-18)25(23,24)16-6-4-15(5-7-16)17(22)19-8-2-1-3-9-19/h4-7,14H,1-3,8-13H2. The summed E-state index contributed by atoms with van der Waals surface area (Å²) in [5.74, 6) is -0.0387. The van der Waals surface area contributed by atoms with Crippen LogP contribution in [0.25, 0.3) is 0 Å². The Kier molecular flexibility index (Phi) is 5.39. The number of piperazine rings is 1. The maximum atomic E-state index is 12.7. The van der Waals surface area contributed by atoms with E-state index in [0.717, 1.165) is 38.8 Å². The van der Waals surface area contributed by atoms with E-state index >= 15 is 0 Å². The van der Waals surface area contributed by atoms with Crippen LogP contribution in [0.4, 0.5) is 0 Å². The van der Waals surface area contributed by atoms with Crippen molar-refractivity contribution in [3.63, 3.8) is 0 Å². The Balaban J connectivity index is 1.70. The molecule has 1 aromatic rings. The number of piperidine rings is 1. The minimum absolute atomic E-state index is 0.0387. The summed E-state index contributed by atoms with van der Waals surface area (Å²) in [5, 5.41) is 0. The van der Waals surface area contributed by atoms with Crippen molar-refractivity contribution < 1.29 is 18.0 Å². The van der Waals surface area contributed by atoms with Crippen LogP contribution in [0.5, 0.6) is 0 Å². The molecule has 2 aliphatic rings. The van der Waals surface area contributed by atoms with Gasteiger partial charge in [0.25, 0.3) is 5.91 Å². The molecule has 0 unspecified atom stereocenters. The van der Waals surface area contributed by atoms with Crippen LogP contribution in [-0.4, -0.2) is 74.1 Å². The van der Waals surface area contributed by atoms with Crippen LogP contribution in [-0.2, 0) is 14.8 Å². The van der Waals surface area contributed by atoms with Gasteiger partial charge >= 0.3 is 0 Å². The van der Waals surface area contributed by atoms with Gasteiger partial charge in [0.1, 0.15) is 0 Å².